The quantitative estimate of drug-likeness (QED) is 0.820. The number of hydrogen-bond donors (Lipinski definition) is 1. The van der Waals surface area contributed by atoms with E-state index in [0.717, 1.165) is 30.0 Å². The van der Waals surface area contributed by atoms with Crippen molar-refractivity contribution >= 4 is 21.6 Å². The molecule has 1 N–H and O–H groups in total. The first-order chi connectivity index (χ1) is 7.24. The van der Waals surface area contributed by atoms with Gasteiger partial charge >= 0.3 is 0 Å². The fourth-order valence-electron chi connectivity index (χ4n) is 2.36. The van der Waals surface area contributed by atoms with E-state index in [-0.39, 0.29) is 5.82 Å². The summed E-state index contributed by atoms with van der Waals surface area (Å²) in [5.41, 5.74) is 2.24. The second-order valence-corrected chi connectivity index (χ2v) is 5.40. The van der Waals surface area contributed by atoms with Crippen LogP contribution in [0.25, 0.3) is 0 Å². The van der Waals surface area contributed by atoms with Gasteiger partial charge in [0.05, 0.1) is 4.47 Å². The fraction of sp³-hybridized carbons (Fsp3) is 0.500. The maximum Gasteiger partial charge on any atom is 0.137 e. The Morgan fingerprint density at radius 1 is 1.27 bits per heavy atom. The zero-order valence-corrected chi connectivity index (χ0v) is 9.98. The molecule has 80 valence electrons. The van der Waals surface area contributed by atoms with Crippen LogP contribution in [0.4, 0.5) is 10.1 Å². The van der Waals surface area contributed by atoms with E-state index < -0.39 is 0 Å². The summed E-state index contributed by atoms with van der Waals surface area (Å²) in [5, 5.41) is 3.53. The average Bonchev–Trinajstić information content (AvgIpc) is 3.02. The normalized spacial score (nSPS) is 24.5. The highest BCUT2D eigenvalue weighted by Crippen LogP contribution is 2.40. The molecular formula is C12H13BrFN. The number of benzene rings is 1. The van der Waals surface area contributed by atoms with Crippen molar-refractivity contribution in [3.8, 4) is 0 Å². The molecule has 0 spiro atoms. The van der Waals surface area contributed by atoms with Crippen LogP contribution in [0, 0.1) is 11.7 Å². The minimum atomic E-state index is -0.152. The lowest BCUT2D eigenvalue weighted by Crippen LogP contribution is -2.27. The molecule has 1 saturated carbocycles. The van der Waals surface area contributed by atoms with Crippen molar-refractivity contribution in [1.82, 2.24) is 0 Å². The van der Waals surface area contributed by atoms with Crippen molar-refractivity contribution in [3.63, 3.8) is 0 Å². The summed E-state index contributed by atoms with van der Waals surface area (Å²) < 4.78 is 13.9. The molecule has 3 heteroatoms. The molecule has 0 saturated heterocycles. The molecule has 1 aromatic carbocycles. The summed E-state index contributed by atoms with van der Waals surface area (Å²) in [6.45, 7) is 0. The molecule has 1 heterocycles. The smallest absolute Gasteiger partial charge is 0.137 e. The van der Waals surface area contributed by atoms with Gasteiger partial charge in [-0.2, -0.15) is 0 Å². The summed E-state index contributed by atoms with van der Waals surface area (Å²) in [4.78, 5) is 0. The highest BCUT2D eigenvalue weighted by atomic mass is 79.9. The molecule has 1 fully saturated rings. The number of anilines is 1. The zero-order chi connectivity index (χ0) is 10.4. The van der Waals surface area contributed by atoms with Crippen molar-refractivity contribution in [2.45, 2.75) is 31.7 Å². The summed E-state index contributed by atoms with van der Waals surface area (Å²) in [6, 6.07) is 4.14. The van der Waals surface area contributed by atoms with Gasteiger partial charge < -0.3 is 5.32 Å². The number of aryl methyl sites for hydroxylation is 1. The molecule has 2 aliphatic rings. The van der Waals surface area contributed by atoms with E-state index in [4.69, 9.17) is 0 Å². The molecule has 1 unspecified atom stereocenters. The number of fused-ring (bicyclic) bond motifs is 1. The maximum absolute atomic E-state index is 13.3. The minimum Gasteiger partial charge on any atom is -0.382 e. The average molecular weight is 270 g/mol. The zero-order valence-electron chi connectivity index (χ0n) is 8.39. The van der Waals surface area contributed by atoms with Gasteiger partial charge in [0.15, 0.2) is 0 Å². The Balaban J connectivity index is 1.91. The van der Waals surface area contributed by atoms with Crippen LogP contribution < -0.4 is 5.32 Å². The van der Waals surface area contributed by atoms with Crippen molar-refractivity contribution in [1.29, 1.82) is 0 Å². The predicted octanol–water partition coefficient (Wildman–Crippen LogP) is 3.72. The van der Waals surface area contributed by atoms with Gasteiger partial charge in [0.25, 0.3) is 0 Å². The molecule has 1 nitrogen and oxygen atoms in total. The van der Waals surface area contributed by atoms with Gasteiger partial charge in [0.2, 0.25) is 0 Å². The van der Waals surface area contributed by atoms with Crippen molar-refractivity contribution in [2.24, 2.45) is 5.92 Å². The Bertz CT molecular complexity index is 401. The van der Waals surface area contributed by atoms with Crippen LogP contribution in [0.2, 0.25) is 0 Å². The number of rotatable bonds is 1. The Labute approximate surface area is 97.2 Å². The SMILES string of the molecule is Fc1cc2c(cc1Br)NC(C1CC1)CC2. The van der Waals surface area contributed by atoms with E-state index in [1.165, 1.54) is 12.8 Å². The lowest BCUT2D eigenvalue weighted by atomic mass is 9.95. The molecule has 1 atom stereocenters. The van der Waals surface area contributed by atoms with Crippen LogP contribution in [0.15, 0.2) is 16.6 Å². The van der Waals surface area contributed by atoms with Crippen LogP contribution in [-0.2, 0) is 6.42 Å². The molecule has 1 aromatic rings. The third-order valence-corrected chi connectivity index (χ3v) is 4.01. The Morgan fingerprint density at radius 2 is 2.07 bits per heavy atom. The van der Waals surface area contributed by atoms with E-state index in [2.05, 4.69) is 21.2 Å². The Hall–Kier alpha value is -0.570. The fourth-order valence-corrected chi connectivity index (χ4v) is 2.71. The van der Waals surface area contributed by atoms with E-state index in [9.17, 15) is 4.39 Å². The van der Waals surface area contributed by atoms with Gasteiger partial charge in [-0.05, 0) is 65.2 Å². The van der Waals surface area contributed by atoms with Gasteiger partial charge in [0.1, 0.15) is 5.82 Å². The monoisotopic (exact) mass is 269 g/mol. The van der Waals surface area contributed by atoms with E-state index >= 15 is 0 Å². The minimum absolute atomic E-state index is 0.152. The second kappa shape index (κ2) is 3.48. The van der Waals surface area contributed by atoms with Gasteiger partial charge in [-0.3, -0.25) is 0 Å². The van der Waals surface area contributed by atoms with Crippen molar-refractivity contribution in [3.05, 3.63) is 28.0 Å². The van der Waals surface area contributed by atoms with Gasteiger partial charge in [-0.25, -0.2) is 4.39 Å². The van der Waals surface area contributed by atoms with Crippen molar-refractivity contribution in [2.75, 3.05) is 5.32 Å². The predicted molar refractivity (Wildman–Crippen MR) is 62.6 cm³/mol. The van der Waals surface area contributed by atoms with Crippen LogP contribution in [0.3, 0.4) is 0 Å². The molecule has 0 radical (unpaired) electrons. The lowest BCUT2D eigenvalue weighted by Gasteiger charge is -2.27. The lowest BCUT2D eigenvalue weighted by molar-refractivity contribution is 0.563. The van der Waals surface area contributed by atoms with Gasteiger partial charge in [0, 0.05) is 11.7 Å². The third-order valence-electron chi connectivity index (χ3n) is 3.40. The molecule has 0 bridgehead atoms. The second-order valence-electron chi connectivity index (χ2n) is 4.55. The first-order valence-corrected chi connectivity index (χ1v) is 6.28. The van der Waals surface area contributed by atoms with Crippen LogP contribution in [0.1, 0.15) is 24.8 Å². The first kappa shape index (κ1) is 9.64. The molecule has 0 aromatic heterocycles. The Kier molecular flexibility index (Phi) is 2.23. The number of nitrogens with one attached hydrogen (secondary N) is 1. The van der Waals surface area contributed by atoms with Gasteiger partial charge in [-0.1, -0.05) is 0 Å². The van der Waals surface area contributed by atoms with Crippen LogP contribution in [0.5, 0.6) is 0 Å². The summed E-state index contributed by atoms with van der Waals surface area (Å²) >= 11 is 3.23. The maximum atomic E-state index is 13.3. The van der Waals surface area contributed by atoms with E-state index in [1.54, 1.807) is 6.07 Å². The van der Waals surface area contributed by atoms with Crippen LogP contribution >= 0.6 is 15.9 Å². The molecule has 3 rings (SSSR count). The summed E-state index contributed by atoms with van der Waals surface area (Å²) in [6.07, 6.45) is 4.87. The molecular weight excluding hydrogens is 257 g/mol. The molecule has 1 aliphatic carbocycles. The molecule has 15 heavy (non-hydrogen) atoms. The number of hydrogen-bond acceptors (Lipinski definition) is 1. The Morgan fingerprint density at radius 3 is 2.80 bits per heavy atom. The van der Waals surface area contributed by atoms with E-state index in [1.807, 2.05) is 6.07 Å². The topological polar surface area (TPSA) is 12.0 Å². The molecule has 1 aliphatic heterocycles. The summed E-state index contributed by atoms with van der Waals surface area (Å²) in [5.74, 6) is 0.711. The van der Waals surface area contributed by atoms with Crippen LogP contribution in [-0.4, -0.2) is 6.04 Å². The van der Waals surface area contributed by atoms with Crippen molar-refractivity contribution < 1.29 is 4.39 Å². The standard InChI is InChI=1S/C12H13BrFN/c13-9-6-12-8(5-10(9)14)3-4-11(15-12)7-1-2-7/h5-7,11,15H,1-4H2. The highest BCUT2D eigenvalue weighted by molar-refractivity contribution is 9.10. The molecule has 0 amide bonds. The third kappa shape index (κ3) is 1.78. The largest absolute Gasteiger partial charge is 0.382 e. The summed E-state index contributed by atoms with van der Waals surface area (Å²) in [7, 11) is 0. The number of halogens is 2. The first-order valence-electron chi connectivity index (χ1n) is 5.48. The highest BCUT2D eigenvalue weighted by Gasteiger charge is 2.33. The van der Waals surface area contributed by atoms with Gasteiger partial charge in [-0.15, -0.1) is 0 Å². The van der Waals surface area contributed by atoms with E-state index in [0.29, 0.717) is 10.5 Å².